The van der Waals surface area contributed by atoms with Crippen LogP contribution in [0.1, 0.15) is 22.7 Å². The lowest BCUT2D eigenvalue weighted by Crippen LogP contribution is -2.44. The number of piperazine rings is 1. The van der Waals surface area contributed by atoms with Gasteiger partial charge in [0.25, 0.3) is 0 Å². The van der Waals surface area contributed by atoms with E-state index >= 15 is 0 Å². The number of likely N-dealkylation sites (N-methyl/N-ethyl adjacent to an activating group) is 1. The van der Waals surface area contributed by atoms with Gasteiger partial charge in [-0.05, 0) is 66.6 Å². The Morgan fingerprint density at radius 2 is 1.45 bits per heavy atom. The Balaban J connectivity index is 1.52. The number of rotatable bonds is 5. The Bertz CT molecular complexity index is 1090. The molecule has 0 bridgehead atoms. The van der Waals surface area contributed by atoms with E-state index in [4.69, 9.17) is 9.47 Å². The van der Waals surface area contributed by atoms with Crippen LogP contribution in [0.5, 0.6) is 11.5 Å². The molecule has 0 N–H and O–H groups in total. The molecular formula is C28H33N3O2. The van der Waals surface area contributed by atoms with Gasteiger partial charge >= 0.3 is 0 Å². The number of fused-ring (bicyclic) bond motifs is 1. The molecule has 0 spiro atoms. The lowest BCUT2D eigenvalue weighted by atomic mass is 9.87. The number of anilines is 2. The van der Waals surface area contributed by atoms with Gasteiger partial charge in [0.1, 0.15) is 11.5 Å². The minimum Gasteiger partial charge on any atom is -0.497 e. The van der Waals surface area contributed by atoms with Crippen LogP contribution in [0, 0.1) is 0 Å². The van der Waals surface area contributed by atoms with Crippen molar-refractivity contribution in [2.45, 2.75) is 12.5 Å². The molecule has 3 aromatic rings. The third-order valence-electron chi connectivity index (χ3n) is 7.04. The van der Waals surface area contributed by atoms with Crippen molar-refractivity contribution in [2.75, 3.05) is 63.8 Å². The van der Waals surface area contributed by atoms with Crippen LogP contribution in [0.2, 0.25) is 0 Å². The number of benzene rings is 3. The molecule has 0 radical (unpaired) electrons. The van der Waals surface area contributed by atoms with Crippen molar-refractivity contribution < 1.29 is 9.47 Å². The summed E-state index contributed by atoms with van der Waals surface area (Å²) in [4.78, 5) is 7.38. The van der Waals surface area contributed by atoms with Gasteiger partial charge in [-0.2, -0.15) is 0 Å². The number of hydrogen-bond acceptors (Lipinski definition) is 5. The first-order valence-electron chi connectivity index (χ1n) is 11.8. The Labute approximate surface area is 197 Å². The fraction of sp³-hybridized carbons (Fsp3) is 0.357. The summed E-state index contributed by atoms with van der Waals surface area (Å²) in [5.74, 6) is 1.81. The first kappa shape index (κ1) is 21.7. The highest BCUT2D eigenvalue weighted by Gasteiger charge is 2.30. The summed E-state index contributed by atoms with van der Waals surface area (Å²) in [6.45, 7) is 5.33. The van der Waals surface area contributed by atoms with Gasteiger partial charge in [-0.25, -0.2) is 0 Å². The maximum Gasteiger partial charge on any atom is 0.120 e. The molecule has 2 aliphatic heterocycles. The van der Waals surface area contributed by atoms with Gasteiger partial charge < -0.3 is 24.2 Å². The highest BCUT2D eigenvalue weighted by atomic mass is 16.5. The molecule has 0 amide bonds. The SMILES string of the molecule is COc1cccc(N2CCc3cc(OC)ccc3C2c2ccc(N3CCN(C)CC3)cc2)c1. The van der Waals surface area contributed by atoms with Crippen LogP contribution < -0.4 is 19.3 Å². The molecule has 0 aromatic heterocycles. The van der Waals surface area contributed by atoms with E-state index in [9.17, 15) is 0 Å². The largest absolute Gasteiger partial charge is 0.497 e. The van der Waals surface area contributed by atoms with Crippen molar-refractivity contribution in [3.63, 3.8) is 0 Å². The van der Waals surface area contributed by atoms with Gasteiger partial charge in [-0.15, -0.1) is 0 Å². The molecule has 33 heavy (non-hydrogen) atoms. The minimum absolute atomic E-state index is 0.147. The fourth-order valence-electron chi connectivity index (χ4n) is 5.09. The van der Waals surface area contributed by atoms with E-state index in [1.807, 2.05) is 6.07 Å². The maximum absolute atomic E-state index is 5.52. The van der Waals surface area contributed by atoms with E-state index in [-0.39, 0.29) is 6.04 Å². The molecule has 0 saturated carbocycles. The number of methoxy groups -OCH3 is 2. The molecule has 5 rings (SSSR count). The molecule has 1 unspecified atom stereocenters. The predicted molar refractivity (Wildman–Crippen MR) is 135 cm³/mol. The Hall–Kier alpha value is -3.18. The summed E-state index contributed by atoms with van der Waals surface area (Å²) in [6.07, 6.45) is 0.986. The normalized spacial score (nSPS) is 18.7. The van der Waals surface area contributed by atoms with Gasteiger partial charge in [0.05, 0.1) is 20.3 Å². The van der Waals surface area contributed by atoms with E-state index in [1.165, 1.54) is 28.1 Å². The molecule has 0 aliphatic carbocycles. The van der Waals surface area contributed by atoms with Crippen molar-refractivity contribution in [2.24, 2.45) is 0 Å². The van der Waals surface area contributed by atoms with Crippen molar-refractivity contribution in [1.82, 2.24) is 4.90 Å². The van der Waals surface area contributed by atoms with Crippen molar-refractivity contribution in [3.05, 3.63) is 83.4 Å². The maximum atomic E-state index is 5.52. The molecule has 2 heterocycles. The molecule has 1 fully saturated rings. The molecule has 2 aliphatic rings. The first-order chi connectivity index (χ1) is 16.2. The van der Waals surface area contributed by atoms with Gasteiger partial charge in [0, 0.05) is 50.2 Å². The Kier molecular flexibility index (Phi) is 6.14. The second-order valence-corrected chi connectivity index (χ2v) is 8.99. The second kappa shape index (κ2) is 9.36. The summed E-state index contributed by atoms with van der Waals surface area (Å²) in [7, 11) is 5.66. The summed E-state index contributed by atoms with van der Waals surface area (Å²) in [5.41, 5.74) is 6.51. The van der Waals surface area contributed by atoms with Crippen LogP contribution in [0.4, 0.5) is 11.4 Å². The Morgan fingerprint density at radius 1 is 0.727 bits per heavy atom. The third kappa shape index (κ3) is 4.38. The van der Waals surface area contributed by atoms with Gasteiger partial charge in [-0.1, -0.05) is 24.3 Å². The summed E-state index contributed by atoms with van der Waals surface area (Å²) < 4.78 is 11.0. The highest BCUT2D eigenvalue weighted by molar-refractivity contribution is 5.60. The molecule has 1 atom stereocenters. The standard InChI is InChI=1S/C28H33N3O2/c1-29-15-17-30(18-16-29)23-9-7-21(8-10-23)28-27-12-11-26(33-3)19-22(27)13-14-31(28)24-5-4-6-25(20-24)32-2/h4-12,19-20,28H,13-18H2,1-3H3. The summed E-state index contributed by atoms with van der Waals surface area (Å²) in [6, 6.07) is 24.3. The lowest BCUT2D eigenvalue weighted by Gasteiger charge is -2.40. The Morgan fingerprint density at radius 3 is 2.18 bits per heavy atom. The number of ether oxygens (including phenoxy) is 2. The van der Waals surface area contributed by atoms with Gasteiger partial charge in [-0.3, -0.25) is 0 Å². The quantitative estimate of drug-likeness (QED) is 0.574. The lowest BCUT2D eigenvalue weighted by molar-refractivity contribution is 0.313. The fourth-order valence-corrected chi connectivity index (χ4v) is 5.09. The average Bonchev–Trinajstić information content (AvgIpc) is 2.88. The van der Waals surface area contributed by atoms with Crippen LogP contribution in [-0.2, 0) is 6.42 Å². The molecule has 5 nitrogen and oxygen atoms in total. The minimum atomic E-state index is 0.147. The summed E-state index contributed by atoms with van der Waals surface area (Å²) in [5, 5.41) is 0. The van der Waals surface area contributed by atoms with Gasteiger partial charge in [0.2, 0.25) is 0 Å². The van der Waals surface area contributed by atoms with Crippen molar-refractivity contribution in [3.8, 4) is 11.5 Å². The molecule has 1 saturated heterocycles. The monoisotopic (exact) mass is 443 g/mol. The van der Waals surface area contributed by atoms with E-state index in [0.29, 0.717) is 0 Å². The second-order valence-electron chi connectivity index (χ2n) is 8.99. The zero-order valence-corrected chi connectivity index (χ0v) is 19.8. The highest BCUT2D eigenvalue weighted by Crippen LogP contribution is 2.40. The molecule has 3 aromatic carbocycles. The summed E-state index contributed by atoms with van der Waals surface area (Å²) >= 11 is 0. The van der Waals surface area contributed by atoms with Crippen LogP contribution in [0.25, 0.3) is 0 Å². The van der Waals surface area contributed by atoms with E-state index in [0.717, 1.165) is 50.6 Å². The predicted octanol–water partition coefficient (Wildman–Crippen LogP) is 4.61. The molecule has 172 valence electrons. The molecule has 5 heteroatoms. The molecular weight excluding hydrogens is 410 g/mol. The van der Waals surface area contributed by atoms with Crippen LogP contribution >= 0.6 is 0 Å². The van der Waals surface area contributed by atoms with Gasteiger partial charge in [0.15, 0.2) is 0 Å². The van der Waals surface area contributed by atoms with E-state index in [2.05, 4.69) is 82.4 Å². The van der Waals surface area contributed by atoms with E-state index < -0.39 is 0 Å². The van der Waals surface area contributed by atoms with Crippen LogP contribution in [0.3, 0.4) is 0 Å². The zero-order valence-electron chi connectivity index (χ0n) is 19.8. The third-order valence-corrected chi connectivity index (χ3v) is 7.04. The number of hydrogen-bond donors (Lipinski definition) is 0. The van der Waals surface area contributed by atoms with Crippen LogP contribution in [0.15, 0.2) is 66.7 Å². The topological polar surface area (TPSA) is 28.2 Å². The zero-order chi connectivity index (χ0) is 22.8. The average molecular weight is 444 g/mol. The van der Waals surface area contributed by atoms with E-state index in [1.54, 1.807) is 14.2 Å². The smallest absolute Gasteiger partial charge is 0.120 e. The van der Waals surface area contributed by atoms with Crippen molar-refractivity contribution >= 4 is 11.4 Å². The number of nitrogens with zero attached hydrogens (tertiary/aromatic N) is 3. The van der Waals surface area contributed by atoms with Crippen LogP contribution in [-0.4, -0.2) is 58.9 Å². The first-order valence-corrected chi connectivity index (χ1v) is 11.8. The van der Waals surface area contributed by atoms with Crippen molar-refractivity contribution in [1.29, 1.82) is 0 Å².